The molecule has 178 valence electrons. The lowest BCUT2D eigenvalue weighted by Crippen LogP contribution is -2.58. The Morgan fingerprint density at radius 2 is 2.21 bits per heavy atom. The predicted molar refractivity (Wildman–Crippen MR) is 116 cm³/mol. The molecule has 2 aromatic rings. The van der Waals surface area contributed by atoms with Crippen molar-refractivity contribution in [2.75, 3.05) is 50.7 Å². The number of halogens is 2. The Kier molecular flexibility index (Phi) is 6.47. The van der Waals surface area contributed by atoms with Crippen LogP contribution in [0.2, 0.25) is 0 Å². The van der Waals surface area contributed by atoms with Crippen LogP contribution in [-0.4, -0.2) is 85.2 Å². The first-order valence-corrected chi connectivity index (χ1v) is 10.5. The van der Waals surface area contributed by atoms with E-state index in [2.05, 4.69) is 10.3 Å². The van der Waals surface area contributed by atoms with Crippen LogP contribution in [0.3, 0.4) is 0 Å². The summed E-state index contributed by atoms with van der Waals surface area (Å²) < 4.78 is 40.1. The van der Waals surface area contributed by atoms with E-state index in [1.807, 2.05) is 0 Å². The second kappa shape index (κ2) is 9.32. The highest BCUT2D eigenvalue weighted by Crippen LogP contribution is 2.36. The number of benzene rings is 1. The van der Waals surface area contributed by atoms with E-state index in [4.69, 9.17) is 15.2 Å². The second-order valence-corrected chi connectivity index (χ2v) is 8.09. The summed E-state index contributed by atoms with van der Waals surface area (Å²) in [4.78, 5) is 31.5. The standard InChI is InChI=1S/C21H26F2N6O4/c1-27-8-15(19(22)23)29(18(30)10-27)17-9-28-5-6-33-16-7-12(3-4-13(16)21(28)26-17)25-14(11-32-2)20(24)31/h3-4,7,9,14-15,19,25H,5-6,8,10-11H2,1-2H3,(H2,24,31)/t14-,15?/m0/s1. The molecule has 1 aromatic carbocycles. The van der Waals surface area contributed by atoms with Crippen LogP contribution in [0.25, 0.3) is 11.4 Å². The molecule has 12 heteroatoms. The van der Waals surface area contributed by atoms with E-state index in [-0.39, 0.29) is 25.5 Å². The molecule has 2 amide bonds. The van der Waals surface area contributed by atoms with Gasteiger partial charge in [0.25, 0.3) is 6.43 Å². The van der Waals surface area contributed by atoms with Crippen molar-refractivity contribution >= 4 is 23.3 Å². The molecule has 1 unspecified atom stereocenters. The predicted octanol–water partition coefficient (Wildman–Crippen LogP) is 0.767. The maximum atomic E-state index is 13.7. The number of imidazole rings is 1. The summed E-state index contributed by atoms with van der Waals surface area (Å²) in [7, 11) is 3.11. The summed E-state index contributed by atoms with van der Waals surface area (Å²) in [6, 6.07) is 3.22. The van der Waals surface area contributed by atoms with Gasteiger partial charge in [-0.05, 0) is 19.2 Å². The Balaban J connectivity index is 1.66. The summed E-state index contributed by atoms with van der Waals surface area (Å²) in [5, 5.41) is 3.01. The van der Waals surface area contributed by atoms with E-state index in [1.54, 1.807) is 40.9 Å². The number of likely N-dealkylation sites (N-methyl/N-ethyl adjacent to an activating group) is 1. The third kappa shape index (κ3) is 4.62. The van der Waals surface area contributed by atoms with Gasteiger partial charge in [-0.3, -0.25) is 19.4 Å². The number of rotatable bonds is 7. The smallest absolute Gasteiger partial charge is 0.260 e. The minimum atomic E-state index is -2.70. The summed E-state index contributed by atoms with van der Waals surface area (Å²) >= 11 is 0. The number of hydrogen-bond donors (Lipinski definition) is 2. The number of carbonyl (C=O) groups is 2. The van der Waals surface area contributed by atoms with Gasteiger partial charge < -0.3 is 25.1 Å². The normalized spacial score (nSPS) is 19.5. The highest BCUT2D eigenvalue weighted by atomic mass is 19.3. The highest BCUT2D eigenvalue weighted by Gasteiger charge is 2.39. The van der Waals surface area contributed by atoms with Gasteiger partial charge in [-0.25, -0.2) is 13.8 Å². The Bertz CT molecular complexity index is 1050. The molecule has 2 aliphatic rings. The summed E-state index contributed by atoms with van der Waals surface area (Å²) in [5.41, 5.74) is 6.65. The van der Waals surface area contributed by atoms with Gasteiger partial charge in [0, 0.05) is 31.6 Å². The first-order valence-electron chi connectivity index (χ1n) is 10.5. The van der Waals surface area contributed by atoms with E-state index in [0.717, 1.165) is 4.90 Å². The zero-order valence-corrected chi connectivity index (χ0v) is 18.3. The van der Waals surface area contributed by atoms with E-state index in [0.29, 0.717) is 36.0 Å². The Morgan fingerprint density at radius 3 is 2.91 bits per heavy atom. The first-order chi connectivity index (χ1) is 15.8. The fraction of sp³-hybridized carbons (Fsp3) is 0.476. The minimum absolute atomic E-state index is 0.0443. The lowest BCUT2D eigenvalue weighted by Gasteiger charge is -2.37. The molecule has 0 radical (unpaired) electrons. The number of anilines is 2. The molecule has 3 N–H and O–H groups in total. The van der Waals surface area contributed by atoms with Crippen LogP contribution in [-0.2, 0) is 20.9 Å². The monoisotopic (exact) mass is 464 g/mol. The van der Waals surface area contributed by atoms with Crippen molar-refractivity contribution in [3.63, 3.8) is 0 Å². The molecule has 1 fully saturated rings. The number of fused-ring (bicyclic) bond motifs is 3. The van der Waals surface area contributed by atoms with Gasteiger partial charge in [0.2, 0.25) is 11.8 Å². The number of piperazine rings is 1. The van der Waals surface area contributed by atoms with Crippen LogP contribution in [0, 0.1) is 0 Å². The van der Waals surface area contributed by atoms with Crippen LogP contribution < -0.4 is 20.7 Å². The molecule has 4 rings (SSSR count). The molecule has 2 aliphatic heterocycles. The number of primary amides is 1. The lowest BCUT2D eigenvalue weighted by atomic mass is 10.1. The van der Waals surface area contributed by atoms with Crippen LogP contribution >= 0.6 is 0 Å². The zero-order chi connectivity index (χ0) is 23.7. The van der Waals surface area contributed by atoms with Gasteiger partial charge in [-0.2, -0.15) is 0 Å². The number of aromatic nitrogens is 2. The van der Waals surface area contributed by atoms with E-state index < -0.39 is 30.3 Å². The number of nitrogens with zero attached hydrogens (tertiary/aromatic N) is 4. The average molecular weight is 464 g/mol. The minimum Gasteiger partial charge on any atom is -0.491 e. The molecule has 0 aliphatic carbocycles. The van der Waals surface area contributed by atoms with Crippen molar-refractivity contribution in [2.24, 2.45) is 5.73 Å². The largest absolute Gasteiger partial charge is 0.491 e. The van der Waals surface area contributed by atoms with Crippen LogP contribution in [0.15, 0.2) is 24.4 Å². The van der Waals surface area contributed by atoms with Gasteiger partial charge in [0.05, 0.1) is 25.3 Å². The first kappa shape index (κ1) is 22.9. The van der Waals surface area contributed by atoms with Gasteiger partial charge in [0.1, 0.15) is 30.3 Å². The highest BCUT2D eigenvalue weighted by molar-refractivity contribution is 5.95. The average Bonchev–Trinajstić information content (AvgIpc) is 3.08. The van der Waals surface area contributed by atoms with Gasteiger partial charge in [-0.1, -0.05) is 0 Å². The third-order valence-electron chi connectivity index (χ3n) is 5.64. The number of hydrogen-bond acceptors (Lipinski definition) is 7. The van der Waals surface area contributed by atoms with Crippen molar-refractivity contribution in [2.45, 2.75) is 25.1 Å². The second-order valence-electron chi connectivity index (χ2n) is 8.09. The van der Waals surface area contributed by atoms with Gasteiger partial charge in [-0.15, -0.1) is 0 Å². The maximum Gasteiger partial charge on any atom is 0.260 e. The fourth-order valence-electron chi connectivity index (χ4n) is 4.08. The molecule has 2 atom stereocenters. The number of carbonyl (C=O) groups excluding carboxylic acids is 2. The van der Waals surface area contributed by atoms with E-state index in [9.17, 15) is 18.4 Å². The molecule has 1 saturated heterocycles. The fourth-order valence-corrected chi connectivity index (χ4v) is 4.08. The molecule has 0 saturated carbocycles. The quantitative estimate of drug-likeness (QED) is 0.622. The molecule has 1 aromatic heterocycles. The van der Waals surface area contributed by atoms with Crippen LogP contribution in [0.1, 0.15) is 0 Å². The number of alkyl halides is 2. The molecule has 0 bridgehead atoms. The molecule has 10 nitrogen and oxygen atoms in total. The van der Waals surface area contributed by atoms with Gasteiger partial charge in [0.15, 0.2) is 5.82 Å². The lowest BCUT2D eigenvalue weighted by molar-refractivity contribution is -0.123. The number of ether oxygens (including phenoxy) is 2. The van der Waals surface area contributed by atoms with Crippen molar-refractivity contribution in [1.29, 1.82) is 0 Å². The van der Waals surface area contributed by atoms with E-state index >= 15 is 0 Å². The summed E-state index contributed by atoms with van der Waals surface area (Å²) in [6.45, 7) is 0.942. The number of methoxy groups -OCH3 is 1. The molecular weight excluding hydrogens is 438 g/mol. The summed E-state index contributed by atoms with van der Waals surface area (Å²) in [6.07, 6.45) is -1.09. The number of nitrogens with two attached hydrogens (primary N) is 1. The van der Waals surface area contributed by atoms with Crippen LogP contribution in [0.4, 0.5) is 20.3 Å². The number of nitrogens with one attached hydrogen (secondary N) is 1. The van der Waals surface area contributed by atoms with Crippen molar-refractivity contribution in [3.05, 3.63) is 24.4 Å². The van der Waals surface area contributed by atoms with E-state index in [1.165, 1.54) is 7.11 Å². The van der Waals surface area contributed by atoms with Crippen molar-refractivity contribution < 1.29 is 27.8 Å². The number of amides is 2. The summed E-state index contributed by atoms with van der Waals surface area (Å²) in [5.74, 6) is 0.225. The third-order valence-corrected chi connectivity index (χ3v) is 5.64. The Labute approximate surface area is 189 Å². The van der Waals surface area contributed by atoms with Crippen molar-refractivity contribution in [3.8, 4) is 17.1 Å². The van der Waals surface area contributed by atoms with Gasteiger partial charge >= 0.3 is 0 Å². The maximum absolute atomic E-state index is 13.7. The molecular formula is C21H26F2N6O4. The Morgan fingerprint density at radius 1 is 1.42 bits per heavy atom. The zero-order valence-electron chi connectivity index (χ0n) is 18.3. The molecule has 0 spiro atoms. The van der Waals surface area contributed by atoms with Crippen molar-refractivity contribution in [1.82, 2.24) is 14.5 Å². The topological polar surface area (TPSA) is 115 Å². The molecule has 3 heterocycles. The molecule has 33 heavy (non-hydrogen) atoms. The van der Waals surface area contributed by atoms with Crippen LogP contribution in [0.5, 0.6) is 5.75 Å². The Hall–Kier alpha value is -3.25. The SMILES string of the molecule is COC[C@H](Nc1ccc2c(c1)OCCn1cc(N3C(=O)CN(C)CC3C(F)F)nc1-2)C(N)=O.